The number of hydrogen-bond donors (Lipinski definition) is 1. The van der Waals surface area contributed by atoms with Crippen LogP contribution in [-0.2, 0) is 13.2 Å². The number of para-hydroxylation sites is 1. The fourth-order valence-electron chi connectivity index (χ4n) is 2.46. The topological polar surface area (TPSA) is 64.4 Å². The average molecular weight is 369 g/mol. The summed E-state index contributed by atoms with van der Waals surface area (Å²) in [4.78, 5) is 10.3. The zero-order valence-electron chi connectivity index (χ0n) is 13.9. The van der Waals surface area contributed by atoms with Crippen molar-refractivity contribution in [2.45, 2.75) is 13.2 Å². The number of ether oxygens (including phenoxy) is 1. The lowest BCUT2D eigenvalue weighted by Gasteiger charge is -2.13. The molecule has 0 heterocycles. The van der Waals surface area contributed by atoms with E-state index in [1.807, 2.05) is 42.5 Å². The molecule has 0 aliphatic rings. The summed E-state index contributed by atoms with van der Waals surface area (Å²) in [7, 11) is 0. The normalized spacial score (nSPS) is 10.3. The first kappa shape index (κ1) is 17.8. The van der Waals surface area contributed by atoms with E-state index in [0.29, 0.717) is 18.2 Å². The molecule has 3 rings (SSSR count). The number of nitro benzene ring substituents is 1. The lowest BCUT2D eigenvalue weighted by Crippen LogP contribution is -2.04. The number of rotatable bonds is 7. The van der Waals surface area contributed by atoms with Gasteiger partial charge in [0.15, 0.2) is 0 Å². The van der Waals surface area contributed by atoms with E-state index in [4.69, 9.17) is 16.3 Å². The molecule has 0 aliphatic heterocycles. The van der Waals surface area contributed by atoms with Crippen molar-refractivity contribution in [3.05, 3.63) is 99.1 Å². The van der Waals surface area contributed by atoms with Gasteiger partial charge in [-0.15, -0.1) is 0 Å². The van der Waals surface area contributed by atoms with E-state index in [1.54, 1.807) is 18.2 Å². The van der Waals surface area contributed by atoms with E-state index >= 15 is 0 Å². The zero-order chi connectivity index (χ0) is 18.4. The van der Waals surface area contributed by atoms with Crippen molar-refractivity contribution in [2.24, 2.45) is 0 Å². The standard InChI is InChI=1S/C20H17ClN2O3/c21-17-8-11-20(16(12-17)13-22-18-4-2-1-3-5-18)26-14-15-6-9-19(10-7-15)23(24)25/h1-12,22H,13-14H2. The SMILES string of the molecule is O=[N+]([O-])c1ccc(COc2ccc(Cl)cc2CNc2ccccc2)cc1. The van der Waals surface area contributed by atoms with Crippen LogP contribution in [0.2, 0.25) is 5.02 Å². The summed E-state index contributed by atoms with van der Waals surface area (Å²) in [6.07, 6.45) is 0. The quantitative estimate of drug-likeness (QED) is 0.445. The minimum Gasteiger partial charge on any atom is -0.489 e. The number of halogens is 1. The maximum atomic E-state index is 10.7. The molecule has 0 aliphatic carbocycles. The van der Waals surface area contributed by atoms with E-state index in [0.717, 1.165) is 22.6 Å². The molecule has 3 aromatic carbocycles. The average Bonchev–Trinajstić information content (AvgIpc) is 2.66. The van der Waals surface area contributed by atoms with Gasteiger partial charge in [-0.3, -0.25) is 10.1 Å². The monoisotopic (exact) mass is 368 g/mol. The Kier molecular flexibility index (Phi) is 5.71. The maximum absolute atomic E-state index is 10.7. The number of non-ortho nitro benzene ring substituents is 1. The van der Waals surface area contributed by atoms with E-state index < -0.39 is 4.92 Å². The predicted octanol–water partition coefficient (Wildman–Crippen LogP) is 5.44. The highest BCUT2D eigenvalue weighted by atomic mass is 35.5. The van der Waals surface area contributed by atoms with Gasteiger partial charge in [-0.2, -0.15) is 0 Å². The number of nitrogens with one attached hydrogen (secondary N) is 1. The number of nitrogens with zero attached hydrogens (tertiary/aromatic N) is 1. The Morgan fingerprint density at radius 3 is 2.42 bits per heavy atom. The Hall–Kier alpha value is -3.05. The maximum Gasteiger partial charge on any atom is 0.269 e. The van der Waals surface area contributed by atoms with Crippen LogP contribution in [0.4, 0.5) is 11.4 Å². The third kappa shape index (κ3) is 4.74. The summed E-state index contributed by atoms with van der Waals surface area (Å²) in [6.45, 7) is 0.887. The van der Waals surface area contributed by atoms with Crippen LogP contribution in [0.15, 0.2) is 72.8 Å². The first-order valence-corrected chi connectivity index (χ1v) is 8.43. The molecule has 0 saturated carbocycles. The molecule has 0 amide bonds. The number of benzene rings is 3. The molecule has 0 atom stereocenters. The second-order valence-electron chi connectivity index (χ2n) is 5.68. The van der Waals surface area contributed by atoms with Crippen LogP contribution < -0.4 is 10.1 Å². The van der Waals surface area contributed by atoms with Gasteiger partial charge in [-0.25, -0.2) is 0 Å². The molecule has 0 radical (unpaired) electrons. The van der Waals surface area contributed by atoms with Gasteiger partial charge < -0.3 is 10.1 Å². The van der Waals surface area contributed by atoms with Crippen LogP contribution in [0.5, 0.6) is 5.75 Å². The minimum atomic E-state index is -0.419. The smallest absolute Gasteiger partial charge is 0.269 e. The van der Waals surface area contributed by atoms with Gasteiger partial charge in [0.1, 0.15) is 12.4 Å². The van der Waals surface area contributed by atoms with Crippen molar-refractivity contribution in [1.82, 2.24) is 0 Å². The predicted molar refractivity (Wildman–Crippen MR) is 103 cm³/mol. The van der Waals surface area contributed by atoms with Crippen molar-refractivity contribution in [3.8, 4) is 5.75 Å². The number of nitro groups is 1. The van der Waals surface area contributed by atoms with Gasteiger partial charge >= 0.3 is 0 Å². The Labute approximate surface area is 156 Å². The van der Waals surface area contributed by atoms with Crippen LogP contribution in [0.25, 0.3) is 0 Å². The van der Waals surface area contributed by atoms with Gasteiger partial charge in [-0.1, -0.05) is 29.8 Å². The van der Waals surface area contributed by atoms with Gasteiger partial charge in [0.25, 0.3) is 5.69 Å². The van der Waals surface area contributed by atoms with Crippen LogP contribution in [0, 0.1) is 10.1 Å². The third-order valence-electron chi connectivity index (χ3n) is 3.82. The Balaban J connectivity index is 1.68. The highest BCUT2D eigenvalue weighted by Crippen LogP contribution is 2.25. The summed E-state index contributed by atoms with van der Waals surface area (Å²) >= 11 is 6.12. The van der Waals surface area contributed by atoms with Gasteiger partial charge in [-0.05, 0) is 48.0 Å². The molecule has 5 nitrogen and oxygen atoms in total. The Morgan fingerprint density at radius 1 is 1.00 bits per heavy atom. The fourth-order valence-corrected chi connectivity index (χ4v) is 2.65. The Bertz CT molecular complexity index is 883. The summed E-state index contributed by atoms with van der Waals surface area (Å²) < 4.78 is 5.90. The van der Waals surface area contributed by atoms with Gasteiger partial charge in [0.05, 0.1) is 4.92 Å². The van der Waals surface area contributed by atoms with Crippen molar-refractivity contribution < 1.29 is 9.66 Å². The van der Waals surface area contributed by atoms with E-state index in [2.05, 4.69) is 5.32 Å². The molecule has 0 spiro atoms. The highest BCUT2D eigenvalue weighted by molar-refractivity contribution is 6.30. The first-order valence-electron chi connectivity index (χ1n) is 8.05. The molecule has 6 heteroatoms. The fraction of sp³-hybridized carbons (Fsp3) is 0.100. The molecule has 0 bridgehead atoms. The number of anilines is 1. The second kappa shape index (κ2) is 8.36. The molecule has 132 valence electrons. The first-order chi connectivity index (χ1) is 12.6. The summed E-state index contributed by atoms with van der Waals surface area (Å²) in [5.74, 6) is 0.719. The number of hydrogen-bond acceptors (Lipinski definition) is 4. The van der Waals surface area contributed by atoms with Gasteiger partial charge in [0, 0.05) is 35.0 Å². The van der Waals surface area contributed by atoms with Crippen LogP contribution in [-0.4, -0.2) is 4.92 Å². The molecular formula is C20H17ClN2O3. The summed E-state index contributed by atoms with van der Waals surface area (Å²) in [5, 5.41) is 14.7. The molecule has 0 fully saturated rings. The minimum absolute atomic E-state index is 0.0630. The molecule has 0 aromatic heterocycles. The van der Waals surface area contributed by atoms with E-state index in [9.17, 15) is 10.1 Å². The molecule has 1 N–H and O–H groups in total. The van der Waals surface area contributed by atoms with Crippen molar-refractivity contribution in [1.29, 1.82) is 0 Å². The zero-order valence-corrected chi connectivity index (χ0v) is 14.6. The molecular weight excluding hydrogens is 352 g/mol. The molecule has 26 heavy (non-hydrogen) atoms. The van der Waals surface area contributed by atoms with Crippen molar-refractivity contribution >= 4 is 23.0 Å². The third-order valence-corrected chi connectivity index (χ3v) is 4.06. The lowest BCUT2D eigenvalue weighted by molar-refractivity contribution is -0.384. The van der Waals surface area contributed by atoms with Crippen LogP contribution in [0.1, 0.15) is 11.1 Å². The van der Waals surface area contributed by atoms with Crippen LogP contribution in [0.3, 0.4) is 0 Å². The van der Waals surface area contributed by atoms with E-state index in [1.165, 1.54) is 12.1 Å². The molecule has 0 saturated heterocycles. The van der Waals surface area contributed by atoms with Crippen LogP contribution >= 0.6 is 11.6 Å². The molecule has 3 aromatic rings. The Morgan fingerprint density at radius 2 is 1.73 bits per heavy atom. The lowest BCUT2D eigenvalue weighted by atomic mass is 10.2. The van der Waals surface area contributed by atoms with Gasteiger partial charge in [0.2, 0.25) is 0 Å². The second-order valence-corrected chi connectivity index (χ2v) is 6.12. The van der Waals surface area contributed by atoms with Crippen molar-refractivity contribution in [3.63, 3.8) is 0 Å². The van der Waals surface area contributed by atoms with E-state index in [-0.39, 0.29) is 5.69 Å². The summed E-state index contributed by atoms with van der Waals surface area (Å²) in [6, 6.07) is 21.7. The highest BCUT2D eigenvalue weighted by Gasteiger charge is 2.08. The molecule has 0 unspecified atom stereocenters. The van der Waals surface area contributed by atoms with Crippen molar-refractivity contribution in [2.75, 3.05) is 5.32 Å². The largest absolute Gasteiger partial charge is 0.489 e. The summed E-state index contributed by atoms with van der Waals surface area (Å²) in [5.41, 5.74) is 2.86.